The summed E-state index contributed by atoms with van der Waals surface area (Å²) in [6, 6.07) is 13.7. The third-order valence-electron chi connectivity index (χ3n) is 4.47. The number of carbonyl (C=O) groups is 2. The summed E-state index contributed by atoms with van der Waals surface area (Å²) in [5.74, 6) is -0.493. The molecular formula is C20H22ClN3O3. The van der Waals surface area contributed by atoms with E-state index >= 15 is 0 Å². The van der Waals surface area contributed by atoms with Crippen LogP contribution < -0.4 is 10.6 Å². The fourth-order valence-electron chi connectivity index (χ4n) is 2.99. The Labute approximate surface area is 163 Å². The molecule has 7 heteroatoms. The molecule has 1 saturated heterocycles. The highest BCUT2D eigenvalue weighted by molar-refractivity contribution is 6.30. The number of nitrogens with one attached hydrogen (secondary N) is 2. The second kappa shape index (κ2) is 8.99. The highest BCUT2D eigenvalue weighted by atomic mass is 35.5. The number of benzene rings is 2. The zero-order chi connectivity index (χ0) is 19.2. The van der Waals surface area contributed by atoms with Crippen LogP contribution >= 0.6 is 11.6 Å². The van der Waals surface area contributed by atoms with Crippen LogP contribution in [0, 0.1) is 0 Å². The number of aliphatic hydroxyl groups is 1. The Bertz CT molecular complexity index is 802. The average molecular weight is 388 g/mol. The molecule has 2 amide bonds. The van der Waals surface area contributed by atoms with Gasteiger partial charge in [0.05, 0.1) is 23.9 Å². The molecule has 0 radical (unpaired) electrons. The van der Waals surface area contributed by atoms with Crippen molar-refractivity contribution in [3.63, 3.8) is 0 Å². The maximum absolute atomic E-state index is 12.6. The van der Waals surface area contributed by atoms with E-state index in [0.717, 1.165) is 0 Å². The predicted octanol–water partition coefficient (Wildman–Crippen LogP) is 2.99. The Kier molecular flexibility index (Phi) is 6.45. The lowest BCUT2D eigenvalue weighted by Gasteiger charge is -2.28. The molecule has 1 aliphatic heterocycles. The predicted molar refractivity (Wildman–Crippen MR) is 106 cm³/mol. The van der Waals surface area contributed by atoms with Gasteiger partial charge in [-0.1, -0.05) is 23.7 Å². The topological polar surface area (TPSA) is 81.7 Å². The monoisotopic (exact) mass is 387 g/mol. The van der Waals surface area contributed by atoms with E-state index in [2.05, 4.69) is 10.6 Å². The van der Waals surface area contributed by atoms with Crippen LogP contribution in [0.3, 0.4) is 0 Å². The van der Waals surface area contributed by atoms with Gasteiger partial charge in [0.2, 0.25) is 5.91 Å². The molecule has 1 fully saturated rings. The van der Waals surface area contributed by atoms with Gasteiger partial charge in [0, 0.05) is 23.8 Å². The summed E-state index contributed by atoms with van der Waals surface area (Å²) in [7, 11) is 0. The van der Waals surface area contributed by atoms with Gasteiger partial charge in [-0.25, -0.2) is 0 Å². The number of hydrogen-bond donors (Lipinski definition) is 3. The lowest BCUT2D eigenvalue weighted by atomic mass is 10.1. The Morgan fingerprint density at radius 3 is 2.41 bits per heavy atom. The van der Waals surface area contributed by atoms with Gasteiger partial charge in [-0.2, -0.15) is 0 Å². The first-order valence-corrected chi connectivity index (χ1v) is 9.25. The molecule has 0 unspecified atom stereocenters. The lowest BCUT2D eigenvalue weighted by molar-refractivity contribution is -0.117. The number of amides is 2. The summed E-state index contributed by atoms with van der Waals surface area (Å²) in [5, 5.41) is 15.8. The summed E-state index contributed by atoms with van der Waals surface area (Å²) in [4.78, 5) is 27.0. The largest absolute Gasteiger partial charge is 0.393 e. The van der Waals surface area contributed by atoms with Gasteiger partial charge in [-0.3, -0.25) is 14.5 Å². The smallest absolute Gasteiger partial charge is 0.257 e. The highest BCUT2D eigenvalue weighted by Crippen LogP contribution is 2.19. The van der Waals surface area contributed by atoms with Crippen molar-refractivity contribution in [2.24, 2.45) is 0 Å². The van der Waals surface area contributed by atoms with E-state index < -0.39 is 0 Å². The second-order valence-electron chi connectivity index (χ2n) is 6.56. The summed E-state index contributed by atoms with van der Waals surface area (Å²) in [5.41, 5.74) is 1.47. The number of nitrogens with zero attached hydrogens (tertiary/aromatic N) is 1. The van der Waals surface area contributed by atoms with Gasteiger partial charge < -0.3 is 15.7 Å². The van der Waals surface area contributed by atoms with Gasteiger partial charge in [-0.05, 0) is 49.2 Å². The molecule has 0 aliphatic carbocycles. The molecule has 0 aromatic heterocycles. The van der Waals surface area contributed by atoms with Gasteiger partial charge >= 0.3 is 0 Å². The highest BCUT2D eigenvalue weighted by Gasteiger charge is 2.20. The van der Waals surface area contributed by atoms with Crippen LogP contribution in [0.2, 0.25) is 5.02 Å². The van der Waals surface area contributed by atoms with E-state index in [4.69, 9.17) is 11.6 Å². The maximum Gasteiger partial charge on any atom is 0.257 e. The molecule has 2 aromatic carbocycles. The Morgan fingerprint density at radius 1 is 1.04 bits per heavy atom. The first-order valence-electron chi connectivity index (χ1n) is 8.87. The molecule has 142 valence electrons. The number of halogens is 1. The standard InChI is InChI=1S/C20H22ClN3O3/c21-14-5-7-15(8-6-14)22-20(27)17-3-1-2-4-18(17)23-19(26)13-24-11-9-16(25)10-12-24/h1-8,16,25H,9-13H2,(H,22,27)(H,23,26). The first kappa shape index (κ1) is 19.4. The van der Waals surface area contributed by atoms with Crippen LogP contribution in [0.5, 0.6) is 0 Å². The number of aliphatic hydroxyl groups excluding tert-OH is 1. The number of likely N-dealkylation sites (tertiary alicyclic amines) is 1. The fourth-order valence-corrected chi connectivity index (χ4v) is 3.12. The molecule has 6 nitrogen and oxygen atoms in total. The summed E-state index contributed by atoms with van der Waals surface area (Å²) < 4.78 is 0. The number of anilines is 2. The molecule has 3 N–H and O–H groups in total. The third-order valence-corrected chi connectivity index (χ3v) is 4.72. The Morgan fingerprint density at radius 2 is 1.70 bits per heavy atom. The summed E-state index contributed by atoms with van der Waals surface area (Å²) >= 11 is 5.86. The van der Waals surface area contributed by atoms with Gasteiger partial charge in [0.1, 0.15) is 0 Å². The first-order chi connectivity index (χ1) is 13.0. The second-order valence-corrected chi connectivity index (χ2v) is 7.00. The quantitative estimate of drug-likeness (QED) is 0.736. The van der Waals surface area contributed by atoms with Gasteiger partial charge in [0.25, 0.3) is 5.91 Å². The molecule has 27 heavy (non-hydrogen) atoms. The fraction of sp³-hybridized carbons (Fsp3) is 0.300. The molecular weight excluding hydrogens is 366 g/mol. The molecule has 2 aromatic rings. The van der Waals surface area contributed by atoms with Gasteiger partial charge in [-0.15, -0.1) is 0 Å². The molecule has 0 bridgehead atoms. The Hall–Kier alpha value is -2.41. The number of carbonyl (C=O) groups excluding carboxylic acids is 2. The van der Waals surface area contributed by atoms with Crippen LogP contribution in [-0.2, 0) is 4.79 Å². The minimum absolute atomic E-state index is 0.182. The molecule has 1 heterocycles. The number of rotatable bonds is 5. The molecule has 0 atom stereocenters. The molecule has 1 aliphatic rings. The van der Waals surface area contributed by atoms with Crippen LogP contribution in [0.1, 0.15) is 23.2 Å². The van der Waals surface area contributed by atoms with E-state index in [0.29, 0.717) is 47.9 Å². The lowest BCUT2D eigenvalue weighted by Crippen LogP contribution is -2.40. The van der Waals surface area contributed by atoms with Crippen LogP contribution in [-0.4, -0.2) is 47.6 Å². The molecule has 0 saturated carbocycles. The number of para-hydroxylation sites is 1. The zero-order valence-corrected chi connectivity index (χ0v) is 15.6. The van der Waals surface area contributed by atoms with E-state index in [1.165, 1.54) is 0 Å². The van der Waals surface area contributed by atoms with Gasteiger partial charge in [0.15, 0.2) is 0 Å². The number of hydrogen-bond acceptors (Lipinski definition) is 4. The summed E-state index contributed by atoms with van der Waals surface area (Å²) in [6.45, 7) is 1.61. The van der Waals surface area contributed by atoms with Crippen LogP contribution in [0.25, 0.3) is 0 Å². The van der Waals surface area contributed by atoms with Crippen LogP contribution in [0.15, 0.2) is 48.5 Å². The van der Waals surface area contributed by atoms with Crippen molar-refractivity contribution in [2.45, 2.75) is 18.9 Å². The SMILES string of the molecule is O=C(CN1CCC(O)CC1)Nc1ccccc1C(=O)Nc1ccc(Cl)cc1. The van der Waals surface area contributed by atoms with Crippen molar-refractivity contribution < 1.29 is 14.7 Å². The summed E-state index contributed by atoms with van der Waals surface area (Å²) in [6.07, 6.45) is 1.07. The number of piperidine rings is 1. The van der Waals surface area contributed by atoms with Crippen molar-refractivity contribution in [3.05, 3.63) is 59.1 Å². The van der Waals surface area contributed by atoms with E-state index in [1.54, 1.807) is 48.5 Å². The zero-order valence-electron chi connectivity index (χ0n) is 14.8. The van der Waals surface area contributed by atoms with Crippen molar-refractivity contribution in [1.29, 1.82) is 0 Å². The third kappa shape index (κ3) is 5.53. The Balaban J connectivity index is 1.63. The van der Waals surface area contributed by atoms with Crippen molar-refractivity contribution in [2.75, 3.05) is 30.3 Å². The van der Waals surface area contributed by atoms with E-state index in [1.807, 2.05) is 4.90 Å². The average Bonchev–Trinajstić information content (AvgIpc) is 2.66. The minimum atomic E-state index is -0.311. The van der Waals surface area contributed by atoms with Crippen molar-refractivity contribution >= 4 is 34.8 Å². The molecule has 0 spiro atoms. The van der Waals surface area contributed by atoms with Crippen molar-refractivity contribution in [1.82, 2.24) is 4.90 Å². The van der Waals surface area contributed by atoms with E-state index in [-0.39, 0.29) is 24.5 Å². The minimum Gasteiger partial charge on any atom is -0.393 e. The van der Waals surface area contributed by atoms with Crippen LogP contribution in [0.4, 0.5) is 11.4 Å². The molecule has 3 rings (SSSR count). The maximum atomic E-state index is 12.6. The van der Waals surface area contributed by atoms with Crippen molar-refractivity contribution in [3.8, 4) is 0 Å². The normalized spacial score (nSPS) is 15.3. The van der Waals surface area contributed by atoms with E-state index in [9.17, 15) is 14.7 Å².